The van der Waals surface area contributed by atoms with Crippen molar-refractivity contribution in [1.29, 1.82) is 0 Å². The molecule has 0 spiro atoms. The maximum Gasteiger partial charge on any atom is 0.228 e. The van der Waals surface area contributed by atoms with Crippen molar-refractivity contribution in [2.24, 2.45) is 12.5 Å². The van der Waals surface area contributed by atoms with Gasteiger partial charge in [0.05, 0.1) is 6.54 Å². The van der Waals surface area contributed by atoms with Gasteiger partial charge in [0.25, 0.3) is 0 Å². The van der Waals surface area contributed by atoms with E-state index in [0.29, 0.717) is 11.8 Å². The summed E-state index contributed by atoms with van der Waals surface area (Å²) in [6, 6.07) is 0. The van der Waals surface area contributed by atoms with Crippen molar-refractivity contribution >= 4 is 5.91 Å². The van der Waals surface area contributed by atoms with Crippen LogP contribution >= 0.6 is 0 Å². The first-order valence-corrected chi connectivity index (χ1v) is 10.7. The zero-order chi connectivity index (χ0) is 18.9. The van der Waals surface area contributed by atoms with Crippen molar-refractivity contribution in [3.63, 3.8) is 0 Å². The Labute approximate surface area is 162 Å². The van der Waals surface area contributed by atoms with Gasteiger partial charge in [-0.15, -0.1) is 10.2 Å². The Morgan fingerprint density at radius 3 is 2.63 bits per heavy atom. The Bertz CT molecular complexity index is 659. The Hall–Kier alpha value is -1.47. The number of rotatable bonds is 4. The maximum atomic E-state index is 13.2. The first kappa shape index (κ1) is 18.9. The van der Waals surface area contributed by atoms with Crippen LogP contribution in [0.3, 0.4) is 0 Å². The highest BCUT2D eigenvalue weighted by molar-refractivity contribution is 5.82. The van der Waals surface area contributed by atoms with Gasteiger partial charge >= 0.3 is 0 Å². The average molecular weight is 375 g/mol. The van der Waals surface area contributed by atoms with E-state index in [9.17, 15) is 4.79 Å². The number of amides is 1. The number of nitrogens with zero attached hydrogens (tertiary/aromatic N) is 5. The molecule has 7 nitrogen and oxygen atoms in total. The molecule has 27 heavy (non-hydrogen) atoms. The van der Waals surface area contributed by atoms with Gasteiger partial charge in [-0.3, -0.25) is 9.69 Å². The molecule has 7 heteroatoms. The van der Waals surface area contributed by atoms with Crippen molar-refractivity contribution in [1.82, 2.24) is 29.9 Å². The third kappa shape index (κ3) is 3.90. The lowest BCUT2D eigenvalue weighted by Crippen LogP contribution is -2.50. The molecular weight excluding hydrogens is 340 g/mol. The second-order valence-electron chi connectivity index (χ2n) is 8.92. The van der Waals surface area contributed by atoms with E-state index in [2.05, 4.69) is 43.9 Å². The van der Waals surface area contributed by atoms with Crippen LogP contribution in [-0.4, -0.2) is 69.7 Å². The third-order valence-corrected chi connectivity index (χ3v) is 6.86. The molecule has 4 heterocycles. The first-order chi connectivity index (χ1) is 13.1. The number of hydrogen-bond donors (Lipinski definition) is 1. The number of hydrogen-bond acceptors (Lipinski definition) is 5. The van der Waals surface area contributed by atoms with Crippen LogP contribution in [0.25, 0.3) is 0 Å². The fraction of sp³-hybridized carbons (Fsp3) is 0.850. The molecule has 3 aliphatic heterocycles. The quantitative estimate of drug-likeness (QED) is 0.865. The highest BCUT2D eigenvalue weighted by Crippen LogP contribution is 2.34. The first-order valence-electron chi connectivity index (χ1n) is 10.7. The van der Waals surface area contributed by atoms with Crippen LogP contribution in [0, 0.1) is 5.41 Å². The highest BCUT2D eigenvalue weighted by Gasteiger charge is 2.39. The summed E-state index contributed by atoms with van der Waals surface area (Å²) in [6.45, 7) is 8.95. The minimum Gasteiger partial charge on any atom is -0.341 e. The van der Waals surface area contributed by atoms with Crippen LogP contribution in [0.1, 0.15) is 63.0 Å². The average Bonchev–Trinajstić information content (AvgIpc) is 3.33. The van der Waals surface area contributed by atoms with Gasteiger partial charge in [-0.05, 0) is 64.7 Å². The Morgan fingerprint density at radius 1 is 1.15 bits per heavy atom. The van der Waals surface area contributed by atoms with Crippen LogP contribution in [0.2, 0.25) is 0 Å². The zero-order valence-corrected chi connectivity index (χ0v) is 16.9. The molecule has 1 N–H and O–H groups in total. The van der Waals surface area contributed by atoms with E-state index in [0.717, 1.165) is 70.1 Å². The molecule has 0 saturated carbocycles. The molecule has 3 aliphatic rings. The molecule has 0 unspecified atom stereocenters. The molecule has 0 aromatic carbocycles. The van der Waals surface area contributed by atoms with E-state index in [-0.39, 0.29) is 5.41 Å². The molecule has 4 rings (SSSR count). The molecule has 1 amide bonds. The van der Waals surface area contributed by atoms with E-state index in [1.54, 1.807) is 0 Å². The minimum absolute atomic E-state index is 0.200. The van der Waals surface area contributed by atoms with Crippen LogP contribution in [0.4, 0.5) is 0 Å². The van der Waals surface area contributed by atoms with Gasteiger partial charge in [-0.1, -0.05) is 6.92 Å². The molecule has 1 atom stereocenters. The number of carbonyl (C=O) groups excluding carboxylic acids is 1. The molecule has 1 aromatic heterocycles. The lowest BCUT2D eigenvalue weighted by Gasteiger charge is -2.40. The minimum atomic E-state index is -0.200. The van der Waals surface area contributed by atoms with Gasteiger partial charge < -0.3 is 14.8 Å². The second kappa shape index (κ2) is 7.87. The Kier molecular flexibility index (Phi) is 5.50. The predicted molar refractivity (Wildman–Crippen MR) is 104 cm³/mol. The molecule has 0 bridgehead atoms. The number of likely N-dealkylation sites (tertiary alicyclic amines) is 2. The smallest absolute Gasteiger partial charge is 0.228 e. The summed E-state index contributed by atoms with van der Waals surface area (Å²) in [4.78, 5) is 17.8. The third-order valence-electron chi connectivity index (χ3n) is 6.86. The van der Waals surface area contributed by atoms with Crippen molar-refractivity contribution in [3.05, 3.63) is 11.6 Å². The molecule has 0 aliphatic carbocycles. The monoisotopic (exact) mass is 374 g/mol. The van der Waals surface area contributed by atoms with Crippen molar-refractivity contribution < 1.29 is 4.79 Å². The molecule has 150 valence electrons. The Balaban J connectivity index is 1.43. The van der Waals surface area contributed by atoms with Crippen LogP contribution in [0.5, 0.6) is 0 Å². The van der Waals surface area contributed by atoms with Gasteiger partial charge in [0.15, 0.2) is 0 Å². The normalized spacial score (nSPS) is 26.4. The second-order valence-corrected chi connectivity index (χ2v) is 8.92. The maximum absolute atomic E-state index is 13.2. The number of carbonyl (C=O) groups is 1. The number of nitrogens with one attached hydrogen (secondary N) is 1. The SMILES string of the molecule is Cn1c(CN2CCCC2)nnc1[C@H]1CCCN(C(=O)C2(C)CCNCC2)C1. The Morgan fingerprint density at radius 2 is 1.89 bits per heavy atom. The molecule has 3 fully saturated rings. The summed E-state index contributed by atoms with van der Waals surface area (Å²) in [7, 11) is 2.09. The van der Waals surface area contributed by atoms with Crippen molar-refractivity contribution in [3.8, 4) is 0 Å². The van der Waals surface area contributed by atoms with Gasteiger partial charge in [-0.25, -0.2) is 0 Å². The number of piperidine rings is 2. The van der Waals surface area contributed by atoms with Gasteiger partial charge in [0, 0.05) is 31.5 Å². The lowest BCUT2D eigenvalue weighted by molar-refractivity contribution is -0.144. The van der Waals surface area contributed by atoms with Gasteiger partial charge in [-0.2, -0.15) is 0 Å². The van der Waals surface area contributed by atoms with Crippen LogP contribution in [-0.2, 0) is 18.4 Å². The molecular formula is C20H34N6O. The van der Waals surface area contributed by atoms with E-state index in [4.69, 9.17) is 0 Å². The summed E-state index contributed by atoms with van der Waals surface area (Å²) < 4.78 is 2.18. The van der Waals surface area contributed by atoms with E-state index >= 15 is 0 Å². The van der Waals surface area contributed by atoms with E-state index < -0.39 is 0 Å². The fourth-order valence-corrected chi connectivity index (χ4v) is 4.96. The number of aromatic nitrogens is 3. The summed E-state index contributed by atoms with van der Waals surface area (Å²) in [5.41, 5.74) is -0.200. The summed E-state index contributed by atoms with van der Waals surface area (Å²) >= 11 is 0. The van der Waals surface area contributed by atoms with Gasteiger partial charge in [0.2, 0.25) is 5.91 Å². The topological polar surface area (TPSA) is 66.3 Å². The fourth-order valence-electron chi connectivity index (χ4n) is 4.96. The summed E-state index contributed by atoms with van der Waals surface area (Å²) in [6.07, 6.45) is 6.61. The summed E-state index contributed by atoms with van der Waals surface area (Å²) in [5.74, 6) is 2.75. The standard InChI is InChI=1S/C20H34N6O/c1-20(7-9-21-10-8-20)19(27)26-13-5-6-16(14-26)18-23-22-17(24(18)2)15-25-11-3-4-12-25/h16,21H,3-15H2,1-2H3/t16-/m0/s1. The van der Waals surface area contributed by atoms with Crippen molar-refractivity contribution in [2.45, 2.75) is 57.9 Å². The molecule has 1 aromatic rings. The molecule has 0 radical (unpaired) electrons. The zero-order valence-electron chi connectivity index (χ0n) is 16.9. The predicted octanol–water partition coefficient (Wildman–Crippen LogP) is 1.51. The summed E-state index contributed by atoms with van der Waals surface area (Å²) in [5, 5.41) is 12.4. The highest BCUT2D eigenvalue weighted by atomic mass is 16.2. The lowest BCUT2D eigenvalue weighted by atomic mass is 9.79. The van der Waals surface area contributed by atoms with Gasteiger partial charge in [0.1, 0.15) is 11.6 Å². The van der Waals surface area contributed by atoms with E-state index in [1.165, 1.54) is 25.9 Å². The van der Waals surface area contributed by atoms with Crippen LogP contribution < -0.4 is 5.32 Å². The largest absolute Gasteiger partial charge is 0.341 e. The molecule has 3 saturated heterocycles. The van der Waals surface area contributed by atoms with Crippen molar-refractivity contribution in [2.75, 3.05) is 39.3 Å². The van der Waals surface area contributed by atoms with E-state index in [1.807, 2.05) is 0 Å². The van der Waals surface area contributed by atoms with Crippen LogP contribution in [0.15, 0.2) is 0 Å².